The summed E-state index contributed by atoms with van der Waals surface area (Å²) in [5.41, 5.74) is 1.03. The first kappa shape index (κ1) is 26.6. The number of hydrogen-bond donors (Lipinski definition) is 2. The number of aliphatic hydroxyl groups is 1. The van der Waals surface area contributed by atoms with Crippen molar-refractivity contribution in [1.29, 1.82) is 0 Å². The highest BCUT2D eigenvalue weighted by molar-refractivity contribution is 5.91. The maximum absolute atomic E-state index is 12.8. The molecular formula is C27H31N3O6. The summed E-state index contributed by atoms with van der Waals surface area (Å²) in [6.07, 6.45) is 1.07. The van der Waals surface area contributed by atoms with Crippen molar-refractivity contribution in [2.45, 2.75) is 45.3 Å². The summed E-state index contributed by atoms with van der Waals surface area (Å²) in [4.78, 5) is 41.6. The highest BCUT2D eigenvalue weighted by Gasteiger charge is 2.23. The van der Waals surface area contributed by atoms with Gasteiger partial charge in [-0.2, -0.15) is 0 Å². The minimum Gasteiger partial charge on any atom is -0.444 e. The first-order valence-electron chi connectivity index (χ1n) is 11.7. The fourth-order valence-corrected chi connectivity index (χ4v) is 3.31. The molecule has 2 N–H and O–H groups in total. The Kier molecular flexibility index (Phi) is 8.97. The van der Waals surface area contributed by atoms with E-state index in [2.05, 4.69) is 10.3 Å². The van der Waals surface area contributed by atoms with Crippen LogP contribution in [-0.4, -0.2) is 52.0 Å². The molecule has 36 heavy (non-hydrogen) atoms. The van der Waals surface area contributed by atoms with Crippen LogP contribution in [0.1, 0.15) is 60.9 Å². The smallest absolute Gasteiger partial charge is 0.410 e. The van der Waals surface area contributed by atoms with Crippen molar-refractivity contribution in [2.75, 3.05) is 18.4 Å². The molecule has 1 atom stereocenters. The van der Waals surface area contributed by atoms with E-state index in [1.165, 1.54) is 11.1 Å². The summed E-state index contributed by atoms with van der Waals surface area (Å²) in [7, 11) is 0. The summed E-state index contributed by atoms with van der Waals surface area (Å²) in [6, 6.07) is 15.5. The van der Waals surface area contributed by atoms with Gasteiger partial charge >= 0.3 is 6.09 Å². The third-order valence-corrected chi connectivity index (χ3v) is 5.14. The second-order valence-corrected chi connectivity index (χ2v) is 9.23. The van der Waals surface area contributed by atoms with E-state index in [0.29, 0.717) is 29.0 Å². The minimum absolute atomic E-state index is 0.0447. The molecule has 3 rings (SSSR count). The van der Waals surface area contributed by atoms with E-state index < -0.39 is 17.8 Å². The van der Waals surface area contributed by atoms with E-state index in [1.807, 2.05) is 18.2 Å². The number of nitrogens with one attached hydrogen (secondary N) is 1. The van der Waals surface area contributed by atoms with Crippen LogP contribution in [-0.2, 0) is 16.0 Å². The Balaban J connectivity index is 1.60. The Morgan fingerprint density at radius 3 is 2.44 bits per heavy atom. The predicted molar refractivity (Wildman–Crippen MR) is 134 cm³/mol. The van der Waals surface area contributed by atoms with Crippen LogP contribution in [0, 0.1) is 0 Å². The Bertz CT molecular complexity index is 1150. The van der Waals surface area contributed by atoms with Gasteiger partial charge in [0.1, 0.15) is 17.6 Å². The molecule has 0 spiro atoms. The number of hydrogen-bond acceptors (Lipinski definition) is 7. The molecule has 1 unspecified atom stereocenters. The van der Waals surface area contributed by atoms with E-state index in [4.69, 9.17) is 9.15 Å². The molecule has 3 aromatic rings. The van der Waals surface area contributed by atoms with Gasteiger partial charge < -0.3 is 24.5 Å². The number of ether oxygens (including phenoxy) is 1. The summed E-state index contributed by atoms with van der Waals surface area (Å²) < 4.78 is 11.2. The van der Waals surface area contributed by atoms with Crippen LogP contribution in [0.15, 0.2) is 65.2 Å². The number of carbonyl (C=O) groups is 3. The highest BCUT2D eigenvalue weighted by Crippen LogP contribution is 2.22. The van der Waals surface area contributed by atoms with Crippen molar-refractivity contribution >= 4 is 24.0 Å². The molecule has 0 saturated heterocycles. The third-order valence-electron chi connectivity index (χ3n) is 5.14. The molecule has 0 bridgehead atoms. The van der Waals surface area contributed by atoms with Gasteiger partial charge in [0.05, 0.1) is 6.20 Å². The average Bonchev–Trinajstić information content (AvgIpc) is 3.32. The fraction of sp³-hybridized carbons (Fsp3) is 0.333. The normalized spacial score (nSPS) is 12.0. The maximum Gasteiger partial charge on any atom is 0.410 e. The van der Waals surface area contributed by atoms with Crippen LogP contribution in [0.3, 0.4) is 0 Å². The van der Waals surface area contributed by atoms with E-state index >= 15 is 0 Å². The molecule has 1 heterocycles. The number of aliphatic hydroxyl groups excluding tert-OH is 1. The minimum atomic E-state index is -0.994. The van der Waals surface area contributed by atoms with Crippen molar-refractivity contribution in [3.8, 4) is 0 Å². The molecule has 0 fully saturated rings. The van der Waals surface area contributed by atoms with Gasteiger partial charge in [-0.05, 0) is 50.6 Å². The number of aromatic nitrogens is 1. The van der Waals surface area contributed by atoms with Crippen LogP contribution in [0.2, 0.25) is 0 Å². The van der Waals surface area contributed by atoms with Gasteiger partial charge in [-0.15, -0.1) is 0 Å². The second-order valence-electron chi connectivity index (χ2n) is 9.23. The van der Waals surface area contributed by atoms with Gasteiger partial charge in [0.15, 0.2) is 6.10 Å². The van der Waals surface area contributed by atoms with E-state index in [9.17, 15) is 19.5 Å². The number of nitrogens with zero attached hydrogens (tertiary/aromatic N) is 2. The Hall–Kier alpha value is -3.98. The molecule has 2 aromatic carbocycles. The van der Waals surface area contributed by atoms with Gasteiger partial charge in [-0.1, -0.05) is 30.3 Å². The van der Waals surface area contributed by atoms with Crippen molar-refractivity contribution < 1.29 is 28.6 Å². The lowest BCUT2D eigenvalue weighted by molar-refractivity contribution is -0.116. The number of rotatable bonds is 10. The molecule has 0 saturated carbocycles. The summed E-state index contributed by atoms with van der Waals surface area (Å²) in [5.74, 6) is 0.378. The Morgan fingerprint density at radius 2 is 1.81 bits per heavy atom. The molecule has 0 aliphatic carbocycles. The molecule has 0 radical (unpaired) electrons. The summed E-state index contributed by atoms with van der Waals surface area (Å²) in [6.45, 7) is 5.67. The van der Waals surface area contributed by atoms with Gasteiger partial charge in [-0.25, -0.2) is 9.78 Å². The van der Waals surface area contributed by atoms with Crippen molar-refractivity contribution in [2.24, 2.45) is 0 Å². The second kappa shape index (κ2) is 12.1. The number of aldehydes is 1. The third kappa shape index (κ3) is 8.06. The first-order valence-corrected chi connectivity index (χ1v) is 11.7. The quantitative estimate of drug-likeness (QED) is 0.402. The average molecular weight is 494 g/mol. The zero-order valence-electron chi connectivity index (χ0n) is 20.6. The number of oxazole rings is 1. The fourth-order valence-electron chi connectivity index (χ4n) is 3.31. The molecule has 9 heteroatoms. The lowest BCUT2D eigenvalue weighted by Gasteiger charge is -2.27. The molecule has 190 valence electrons. The molecule has 0 aliphatic heterocycles. The largest absolute Gasteiger partial charge is 0.444 e. The van der Waals surface area contributed by atoms with Crippen molar-refractivity contribution in [3.05, 3.63) is 83.6 Å². The van der Waals surface area contributed by atoms with Crippen LogP contribution in [0.5, 0.6) is 0 Å². The van der Waals surface area contributed by atoms with E-state index in [1.54, 1.807) is 57.2 Å². The number of anilines is 1. The Labute approximate surface area is 210 Å². The topological polar surface area (TPSA) is 122 Å². The number of benzene rings is 2. The lowest BCUT2D eigenvalue weighted by atomic mass is 10.1. The molecule has 2 amide bonds. The number of carbonyl (C=O) groups excluding carboxylic acids is 3. The standard InChI is InChI=1S/C27H31N3O6/c1-27(2,3)36-26(34)30(16-14-23(32)29-21-11-9-19(18-31)10-12-21)15-13-22-17-28-25(35-22)24(33)20-7-5-4-6-8-20/h4-12,17-18,24,33H,13-16H2,1-3H3,(H,29,32). The van der Waals surface area contributed by atoms with Gasteiger partial charge in [0, 0.05) is 37.2 Å². The first-order chi connectivity index (χ1) is 17.1. The molecule has 9 nitrogen and oxygen atoms in total. The van der Waals surface area contributed by atoms with E-state index in [0.717, 1.165) is 6.29 Å². The predicted octanol–water partition coefficient (Wildman–Crippen LogP) is 4.38. The molecular weight excluding hydrogens is 462 g/mol. The van der Waals surface area contributed by atoms with Crippen LogP contribution in [0.25, 0.3) is 0 Å². The zero-order valence-corrected chi connectivity index (χ0v) is 20.6. The van der Waals surface area contributed by atoms with Gasteiger partial charge in [0.25, 0.3) is 0 Å². The monoisotopic (exact) mass is 493 g/mol. The van der Waals surface area contributed by atoms with Crippen molar-refractivity contribution in [1.82, 2.24) is 9.88 Å². The summed E-state index contributed by atoms with van der Waals surface area (Å²) >= 11 is 0. The maximum atomic E-state index is 12.8. The van der Waals surface area contributed by atoms with E-state index in [-0.39, 0.29) is 31.3 Å². The molecule has 0 aliphatic rings. The SMILES string of the molecule is CC(C)(C)OC(=O)N(CCC(=O)Nc1ccc(C=O)cc1)CCc1cnc(C(O)c2ccccc2)o1. The van der Waals surface area contributed by atoms with Crippen LogP contribution in [0.4, 0.5) is 10.5 Å². The van der Waals surface area contributed by atoms with Gasteiger partial charge in [0.2, 0.25) is 11.8 Å². The number of amides is 2. The lowest BCUT2D eigenvalue weighted by Crippen LogP contribution is -2.39. The van der Waals surface area contributed by atoms with Crippen molar-refractivity contribution in [3.63, 3.8) is 0 Å². The zero-order chi connectivity index (χ0) is 26.1. The highest BCUT2D eigenvalue weighted by atomic mass is 16.6. The van der Waals surface area contributed by atoms with Crippen LogP contribution < -0.4 is 5.32 Å². The molecule has 1 aromatic heterocycles. The summed E-state index contributed by atoms with van der Waals surface area (Å²) in [5, 5.41) is 13.2. The van der Waals surface area contributed by atoms with Gasteiger partial charge in [-0.3, -0.25) is 9.59 Å². The van der Waals surface area contributed by atoms with Crippen LogP contribution >= 0.6 is 0 Å². The Morgan fingerprint density at radius 1 is 1.11 bits per heavy atom.